The molecule has 0 unspecified atom stereocenters. The summed E-state index contributed by atoms with van der Waals surface area (Å²) >= 11 is 3.00. The van der Waals surface area contributed by atoms with Crippen LogP contribution in [-0.2, 0) is 0 Å². The second kappa shape index (κ2) is 9.04. The third kappa shape index (κ3) is 4.80. The molecule has 0 aromatic heterocycles. The van der Waals surface area contributed by atoms with E-state index in [1.54, 1.807) is 18.2 Å². The van der Waals surface area contributed by atoms with E-state index in [4.69, 9.17) is 0 Å². The molecular formula is C15H15N5O2S2. The van der Waals surface area contributed by atoms with Gasteiger partial charge in [-0.3, -0.25) is 0 Å². The fourth-order valence-electron chi connectivity index (χ4n) is 1.76. The van der Waals surface area contributed by atoms with Crippen molar-refractivity contribution >= 4 is 40.9 Å². The summed E-state index contributed by atoms with van der Waals surface area (Å²) in [6.07, 6.45) is 3.81. The Morgan fingerprint density at radius 3 is 2.33 bits per heavy atom. The minimum Gasteiger partial charge on any atom is -0.390 e. The van der Waals surface area contributed by atoms with Crippen molar-refractivity contribution < 1.29 is 4.92 Å². The number of hydrogen-bond acceptors (Lipinski definition) is 7. The lowest BCUT2D eigenvalue weighted by Gasteiger charge is -2.02. The van der Waals surface area contributed by atoms with Crippen molar-refractivity contribution in [3.63, 3.8) is 0 Å². The molecule has 124 valence electrons. The molecule has 2 rings (SSSR count). The van der Waals surface area contributed by atoms with Crippen LogP contribution in [0.3, 0.4) is 0 Å². The van der Waals surface area contributed by atoms with Crippen LogP contribution in [0.15, 0.2) is 73.7 Å². The van der Waals surface area contributed by atoms with Gasteiger partial charge in [-0.05, 0) is 41.7 Å². The van der Waals surface area contributed by atoms with Crippen molar-refractivity contribution in [1.29, 1.82) is 0 Å². The fraction of sp³-hybridized carbons (Fsp3) is 0.133. The fourth-order valence-corrected chi connectivity index (χ4v) is 2.84. The Hall–Kier alpha value is -2.39. The Labute approximate surface area is 147 Å². The smallest absolute Gasteiger partial charge is 0.390 e. The van der Waals surface area contributed by atoms with E-state index >= 15 is 0 Å². The van der Waals surface area contributed by atoms with Crippen LogP contribution in [-0.4, -0.2) is 23.4 Å². The summed E-state index contributed by atoms with van der Waals surface area (Å²) < 4.78 is 0. The molecule has 0 radical (unpaired) electrons. The molecule has 0 saturated carbocycles. The highest BCUT2D eigenvalue weighted by molar-refractivity contribution is 7.99. The van der Waals surface area contributed by atoms with Gasteiger partial charge in [0.1, 0.15) is 5.69 Å². The number of nitrogens with one attached hydrogen (secondary N) is 1. The average molecular weight is 361 g/mol. The molecule has 0 fully saturated rings. The summed E-state index contributed by atoms with van der Waals surface area (Å²) in [5.74, 6) is -0.609. The molecule has 9 heteroatoms. The molecule has 0 aliphatic heterocycles. The Kier molecular flexibility index (Phi) is 6.76. The number of nitro groups is 1. The second-order valence-corrected chi connectivity index (χ2v) is 6.05. The van der Waals surface area contributed by atoms with Crippen molar-refractivity contribution in [3.8, 4) is 0 Å². The molecule has 0 saturated heterocycles. The topological polar surface area (TPSA) is 92.2 Å². The molecule has 0 heterocycles. The van der Waals surface area contributed by atoms with E-state index < -0.39 is 10.9 Å². The first kappa shape index (κ1) is 18.0. The van der Waals surface area contributed by atoms with Gasteiger partial charge in [-0.15, -0.1) is 23.5 Å². The Morgan fingerprint density at radius 2 is 1.67 bits per heavy atom. The van der Waals surface area contributed by atoms with Crippen LogP contribution in [0.2, 0.25) is 0 Å². The maximum Gasteiger partial charge on any atom is 0.511 e. The molecule has 2 aromatic rings. The van der Waals surface area contributed by atoms with Gasteiger partial charge in [-0.2, -0.15) is 0 Å². The van der Waals surface area contributed by atoms with Gasteiger partial charge in [0.15, 0.2) is 0 Å². The first-order valence-corrected chi connectivity index (χ1v) is 9.26. The van der Waals surface area contributed by atoms with E-state index in [2.05, 4.69) is 20.8 Å². The standard InChI is InChI=1S/C15H15N5O2S2/c1-23-13-9-5-3-7-11(13)16-18-15(20(21)22)19-17-12-8-4-6-10-14(12)24-2/h3-10,16H,1-2H3/b18-15+,19-17?. The highest BCUT2D eigenvalue weighted by Gasteiger charge is 2.13. The maximum atomic E-state index is 11.1. The van der Waals surface area contributed by atoms with E-state index in [1.165, 1.54) is 23.5 Å². The summed E-state index contributed by atoms with van der Waals surface area (Å²) in [7, 11) is 0. The van der Waals surface area contributed by atoms with Crippen LogP contribution in [0.25, 0.3) is 0 Å². The lowest BCUT2D eigenvalue weighted by atomic mass is 10.3. The highest BCUT2D eigenvalue weighted by atomic mass is 32.2. The van der Waals surface area contributed by atoms with Gasteiger partial charge < -0.3 is 10.1 Å². The predicted molar refractivity (Wildman–Crippen MR) is 99.0 cm³/mol. The zero-order valence-corrected chi connectivity index (χ0v) is 14.7. The number of thioether (sulfide) groups is 2. The summed E-state index contributed by atoms with van der Waals surface area (Å²) in [4.78, 5) is 12.2. The molecule has 0 aliphatic carbocycles. The predicted octanol–water partition coefficient (Wildman–Crippen LogP) is 4.87. The molecular weight excluding hydrogens is 346 g/mol. The van der Waals surface area contributed by atoms with Crippen molar-refractivity contribution in [3.05, 3.63) is 58.6 Å². The van der Waals surface area contributed by atoms with Crippen LogP contribution >= 0.6 is 23.5 Å². The molecule has 0 amide bonds. The summed E-state index contributed by atoms with van der Waals surface area (Å²) in [5, 5.41) is 22.5. The second-order valence-electron chi connectivity index (χ2n) is 4.35. The van der Waals surface area contributed by atoms with Crippen LogP contribution in [0, 0.1) is 10.1 Å². The van der Waals surface area contributed by atoms with Gasteiger partial charge in [0.25, 0.3) is 0 Å². The van der Waals surface area contributed by atoms with Gasteiger partial charge in [0.05, 0.1) is 10.8 Å². The molecule has 24 heavy (non-hydrogen) atoms. The Balaban J connectivity index is 2.23. The van der Waals surface area contributed by atoms with Gasteiger partial charge in [-0.25, -0.2) is 5.43 Å². The molecule has 0 spiro atoms. The molecule has 1 N–H and O–H groups in total. The number of para-hydroxylation sites is 1. The van der Waals surface area contributed by atoms with Crippen molar-refractivity contribution in [2.75, 3.05) is 17.9 Å². The minimum absolute atomic E-state index is 0.559. The van der Waals surface area contributed by atoms with Crippen molar-refractivity contribution in [1.82, 2.24) is 0 Å². The maximum absolute atomic E-state index is 11.1. The Morgan fingerprint density at radius 1 is 1.04 bits per heavy atom. The number of hydrogen-bond donors (Lipinski definition) is 1. The first-order chi connectivity index (χ1) is 11.7. The Bertz CT molecular complexity index is 780. The number of hydrazone groups is 1. The van der Waals surface area contributed by atoms with E-state index in [-0.39, 0.29) is 0 Å². The molecule has 2 aromatic carbocycles. The SMILES string of the molecule is CSc1ccccc1N=N/C(=N\Nc1ccccc1SC)[N+](=O)[O-]. The monoisotopic (exact) mass is 361 g/mol. The van der Waals surface area contributed by atoms with E-state index in [0.717, 1.165) is 9.79 Å². The van der Waals surface area contributed by atoms with Crippen molar-refractivity contribution in [2.24, 2.45) is 15.3 Å². The van der Waals surface area contributed by atoms with Crippen LogP contribution in [0.1, 0.15) is 0 Å². The van der Waals surface area contributed by atoms with Gasteiger partial charge in [0.2, 0.25) is 0 Å². The quantitative estimate of drug-likeness (QED) is 0.205. The lowest BCUT2D eigenvalue weighted by Crippen LogP contribution is -2.10. The third-order valence-corrected chi connectivity index (χ3v) is 4.46. The van der Waals surface area contributed by atoms with E-state index in [1.807, 2.05) is 42.8 Å². The highest BCUT2D eigenvalue weighted by Crippen LogP contribution is 2.27. The van der Waals surface area contributed by atoms with Crippen LogP contribution < -0.4 is 5.43 Å². The first-order valence-electron chi connectivity index (χ1n) is 6.81. The zero-order valence-electron chi connectivity index (χ0n) is 13.0. The number of guanidine groups is 1. The number of benzene rings is 2. The third-order valence-electron chi connectivity index (χ3n) is 2.88. The average Bonchev–Trinajstić information content (AvgIpc) is 2.62. The molecule has 0 aliphatic rings. The largest absolute Gasteiger partial charge is 0.511 e. The summed E-state index contributed by atoms with van der Waals surface area (Å²) in [6.45, 7) is 0. The molecule has 7 nitrogen and oxygen atoms in total. The van der Waals surface area contributed by atoms with Gasteiger partial charge in [0, 0.05) is 14.9 Å². The number of rotatable bonds is 5. The normalized spacial score (nSPS) is 11.7. The number of anilines is 1. The van der Waals surface area contributed by atoms with E-state index in [0.29, 0.717) is 11.4 Å². The number of azo groups is 1. The van der Waals surface area contributed by atoms with E-state index in [9.17, 15) is 10.1 Å². The van der Waals surface area contributed by atoms with Gasteiger partial charge in [-0.1, -0.05) is 29.4 Å². The zero-order chi connectivity index (χ0) is 17.4. The minimum atomic E-state index is -0.681. The number of nitrogens with zero attached hydrogens (tertiary/aromatic N) is 4. The van der Waals surface area contributed by atoms with Gasteiger partial charge >= 0.3 is 5.96 Å². The lowest BCUT2D eigenvalue weighted by molar-refractivity contribution is -0.352. The molecule has 0 atom stereocenters. The molecule has 0 bridgehead atoms. The van der Waals surface area contributed by atoms with Crippen molar-refractivity contribution in [2.45, 2.75) is 9.79 Å². The summed E-state index contributed by atoms with van der Waals surface area (Å²) in [5.41, 5.74) is 3.91. The summed E-state index contributed by atoms with van der Waals surface area (Å²) in [6, 6.07) is 14.7. The van der Waals surface area contributed by atoms with Crippen LogP contribution in [0.4, 0.5) is 11.4 Å². The van der Waals surface area contributed by atoms with Crippen LogP contribution in [0.5, 0.6) is 0 Å².